The first kappa shape index (κ1) is 17.2. The molecule has 1 aromatic carbocycles. The molecule has 6 heteroatoms. The number of rotatable bonds is 3. The lowest BCUT2D eigenvalue weighted by atomic mass is 9.78. The van der Waals surface area contributed by atoms with Crippen LogP contribution >= 0.6 is 11.3 Å². The van der Waals surface area contributed by atoms with E-state index in [-0.39, 0.29) is 17.6 Å². The second-order valence-electron chi connectivity index (χ2n) is 7.16. The van der Waals surface area contributed by atoms with Crippen LogP contribution in [0.25, 0.3) is 0 Å². The summed E-state index contributed by atoms with van der Waals surface area (Å²) >= 11 is 1.43. The molecule has 136 valence electrons. The Kier molecular flexibility index (Phi) is 4.53. The third-order valence-corrected chi connectivity index (χ3v) is 6.37. The number of hydrogen-bond donors (Lipinski definition) is 0. The quantitative estimate of drug-likeness (QED) is 0.827. The molecule has 2 aromatic rings. The Bertz CT molecular complexity index is 823. The number of piperidine rings is 1. The molecule has 0 aliphatic carbocycles. The molecule has 0 unspecified atom stereocenters. The number of hydrogen-bond acceptors (Lipinski definition) is 3. The van der Waals surface area contributed by atoms with Crippen LogP contribution in [0.4, 0.5) is 4.39 Å². The van der Waals surface area contributed by atoms with Gasteiger partial charge in [-0.3, -0.25) is 9.59 Å². The number of likely N-dealkylation sites (tertiary alicyclic amines) is 2. The van der Waals surface area contributed by atoms with Gasteiger partial charge in [-0.15, -0.1) is 11.3 Å². The van der Waals surface area contributed by atoms with E-state index >= 15 is 0 Å². The topological polar surface area (TPSA) is 40.6 Å². The average Bonchev–Trinajstić information content (AvgIpc) is 3.31. The molecule has 2 aliphatic heterocycles. The minimum absolute atomic E-state index is 0.0101. The smallest absolute Gasteiger partial charge is 0.263 e. The summed E-state index contributed by atoms with van der Waals surface area (Å²) in [6.45, 7) is 2.02. The number of thiophene rings is 1. The molecule has 0 saturated carbocycles. The molecule has 2 fully saturated rings. The van der Waals surface area contributed by atoms with Crippen LogP contribution in [0.15, 0.2) is 41.8 Å². The largest absolute Gasteiger partial charge is 0.338 e. The lowest BCUT2D eigenvalue weighted by molar-refractivity contribution is -0.146. The predicted octanol–water partition coefficient (Wildman–Crippen LogP) is 3.54. The highest BCUT2D eigenvalue weighted by Gasteiger charge is 2.49. The summed E-state index contributed by atoms with van der Waals surface area (Å²) in [5, 5.41) is 1.89. The summed E-state index contributed by atoms with van der Waals surface area (Å²) in [4.78, 5) is 30.1. The minimum atomic E-state index is -0.504. The molecule has 26 heavy (non-hydrogen) atoms. The molecule has 4 nitrogen and oxygen atoms in total. The van der Waals surface area contributed by atoms with Gasteiger partial charge in [0.1, 0.15) is 5.82 Å². The van der Waals surface area contributed by atoms with Gasteiger partial charge in [0, 0.05) is 31.7 Å². The number of amides is 2. The van der Waals surface area contributed by atoms with Crippen molar-refractivity contribution in [2.24, 2.45) is 5.41 Å². The average molecular weight is 372 g/mol. The van der Waals surface area contributed by atoms with Crippen molar-refractivity contribution in [1.82, 2.24) is 9.80 Å². The summed E-state index contributed by atoms with van der Waals surface area (Å²) < 4.78 is 14.0. The van der Waals surface area contributed by atoms with E-state index in [1.54, 1.807) is 28.0 Å². The summed E-state index contributed by atoms with van der Waals surface area (Å²) in [5.41, 5.74) is 0.0404. The van der Waals surface area contributed by atoms with E-state index in [4.69, 9.17) is 0 Å². The highest BCUT2D eigenvalue weighted by atomic mass is 32.1. The number of carbonyl (C=O) groups excluding carboxylic acids is 2. The maximum absolute atomic E-state index is 14.0. The first-order valence-electron chi connectivity index (χ1n) is 8.95. The zero-order chi connectivity index (χ0) is 18.1. The third kappa shape index (κ3) is 3.03. The Morgan fingerprint density at radius 2 is 2.00 bits per heavy atom. The van der Waals surface area contributed by atoms with E-state index in [1.807, 2.05) is 17.5 Å². The molecule has 1 spiro atoms. The zero-order valence-electron chi connectivity index (χ0n) is 14.5. The first-order chi connectivity index (χ1) is 12.6. The highest BCUT2D eigenvalue weighted by Crippen LogP contribution is 2.41. The van der Waals surface area contributed by atoms with Gasteiger partial charge in [-0.2, -0.15) is 0 Å². The van der Waals surface area contributed by atoms with Crippen LogP contribution in [-0.2, 0) is 11.3 Å². The zero-order valence-corrected chi connectivity index (χ0v) is 15.3. The van der Waals surface area contributed by atoms with Gasteiger partial charge < -0.3 is 9.80 Å². The Hall–Kier alpha value is -2.21. The van der Waals surface area contributed by atoms with Crippen molar-refractivity contribution < 1.29 is 14.0 Å². The number of carbonyl (C=O) groups is 2. The maximum atomic E-state index is 14.0. The normalized spacial score (nSPS) is 23.0. The molecule has 1 aromatic heterocycles. The lowest BCUT2D eigenvalue weighted by Gasteiger charge is -2.39. The SMILES string of the molecule is O=C(c1cccs1)N1CC[C@]2(CCCN(Cc3ccccc3F)C2=O)C1. The second kappa shape index (κ2) is 6.83. The Morgan fingerprint density at radius 1 is 1.15 bits per heavy atom. The van der Waals surface area contributed by atoms with Gasteiger partial charge in [-0.1, -0.05) is 24.3 Å². The summed E-state index contributed by atoms with van der Waals surface area (Å²) in [7, 11) is 0. The molecule has 3 heterocycles. The summed E-state index contributed by atoms with van der Waals surface area (Å²) in [6, 6.07) is 10.3. The molecule has 2 aliphatic rings. The van der Waals surface area contributed by atoms with Crippen LogP contribution in [-0.4, -0.2) is 41.2 Å². The van der Waals surface area contributed by atoms with Crippen LogP contribution < -0.4 is 0 Å². The van der Waals surface area contributed by atoms with Crippen LogP contribution in [0.3, 0.4) is 0 Å². The molecule has 0 bridgehead atoms. The molecular formula is C20H21FN2O2S. The second-order valence-corrected chi connectivity index (χ2v) is 8.10. The van der Waals surface area contributed by atoms with Gasteiger partial charge in [0.25, 0.3) is 5.91 Å². The number of nitrogens with zero attached hydrogens (tertiary/aromatic N) is 2. The minimum Gasteiger partial charge on any atom is -0.338 e. The van der Waals surface area contributed by atoms with E-state index in [9.17, 15) is 14.0 Å². The van der Waals surface area contributed by atoms with Crippen molar-refractivity contribution in [2.75, 3.05) is 19.6 Å². The molecule has 2 saturated heterocycles. The van der Waals surface area contributed by atoms with E-state index in [1.165, 1.54) is 17.4 Å². The van der Waals surface area contributed by atoms with Crippen molar-refractivity contribution in [3.8, 4) is 0 Å². The van der Waals surface area contributed by atoms with Crippen molar-refractivity contribution in [1.29, 1.82) is 0 Å². The fraction of sp³-hybridized carbons (Fsp3) is 0.400. The fourth-order valence-electron chi connectivity index (χ4n) is 4.12. The van der Waals surface area contributed by atoms with Crippen LogP contribution in [0.2, 0.25) is 0 Å². The van der Waals surface area contributed by atoms with Gasteiger partial charge in [-0.05, 0) is 36.8 Å². The Balaban J connectivity index is 1.49. The predicted molar refractivity (Wildman–Crippen MR) is 98.3 cm³/mol. The first-order valence-corrected chi connectivity index (χ1v) is 9.83. The van der Waals surface area contributed by atoms with Crippen molar-refractivity contribution in [3.05, 3.63) is 58.0 Å². The van der Waals surface area contributed by atoms with Gasteiger partial charge >= 0.3 is 0 Å². The van der Waals surface area contributed by atoms with Gasteiger partial charge in [0.2, 0.25) is 5.91 Å². The highest BCUT2D eigenvalue weighted by molar-refractivity contribution is 7.12. The van der Waals surface area contributed by atoms with Crippen LogP contribution in [0, 0.1) is 11.2 Å². The van der Waals surface area contributed by atoms with E-state index in [2.05, 4.69) is 0 Å². The summed E-state index contributed by atoms with van der Waals surface area (Å²) in [5.74, 6) is -0.203. The van der Waals surface area contributed by atoms with Gasteiger partial charge in [0.05, 0.1) is 10.3 Å². The van der Waals surface area contributed by atoms with Gasteiger partial charge in [-0.25, -0.2) is 4.39 Å². The van der Waals surface area contributed by atoms with E-state index in [0.29, 0.717) is 43.0 Å². The van der Waals surface area contributed by atoms with Crippen LogP contribution in [0.5, 0.6) is 0 Å². The monoisotopic (exact) mass is 372 g/mol. The van der Waals surface area contributed by atoms with Crippen molar-refractivity contribution in [2.45, 2.75) is 25.8 Å². The molecule has 1 atom stereocenters. The summed E-state index contributed by atoms with van der Waals surface area (Å²) in [6.07, 6.45) is 2.38. The van der Waals surface area contributed by atoms with Crippen molar-refractivity contribution >= 4 is 23.2 Å². The Morgan fingerprint density at radius 3 is 2.77 bits per heavy atom. The lowest BCUT2D eigenvalue weighted by Crippen LogP contribution is -2.50. The Labute approximate surface area is 156 Å². The molecular weight excluding hydrogens is 351 g/mol. The van der Waals surface area contributed by atoms with Gasteiger partial charge in [0.15, 0.2) is 0 Å². The molecule has 2 amide bonds. The maximum Gasteiger partial charge on any atom is 0.263 e. The fourth-order valence-corrected chi connectivity index (χ4v) is 4.81. The van der Waals surface area contributed by atoms with E-state index < -0.39 is 5.41 Å². The van der Waals surface area contributed by atoms with Crippen LogP contribution in [0.1, 0.15) is 34.5 Å². The van der Waals surface area contributed by atoms with E-state index in [0.717, 1.165) is 12.8 Å². The third-order valence-electron chi connectivity index (χ3n) is 5.52. The number of halogens is 1. The van der Waals surface area contributed by atoms with Crippen molar-refractivity contribution in [3.63, 3.8) is 0 Å². The standard InChI is InChI=1S/C20H21FN2O2S/c21-16-6-2-1-5-15(16)13-22-10-4-8-20(19(22)25)9-11-23(14-20)18(24)17-7-3-12-26-17/h1-3,5-7,12H,4,8-11,13-14H2/t20-/m1/s1. The molecule has 4 rings (SSSR count). The molecule has 0 N–H and O–H groups in total. The molecule has 0 radical (unpaired) electrons. The number of benzene rings is 1.